The smallest absolute Gasteiger partial charge is 0.123 e. The number of rotatable bonds is 1. The first-order valence-electron chi connectivity index (χ1n) is 7.13. The minimum absolute atomic E-state index is 0.223. The van der Waals surface area contributed by atoms with Crippen molar-refractivity contribution < 1.29 is 0 Å². The van der Waals surface area contributed by atoms with E-state index in [1.165, 1.54) is 22.6 Å². The molecule has 1 aromatic carbocycles. The Morgan fingerprint density at radius 1 is 1.10 bits per heavy atom. The van der Waals surface area contributed by atoms with Crippen LogP contribution in [-0.2, 0) is 11.8 Å². The van der Waals surface area contributed by atoms with Gasteiger partial charge in [-0.2, -0.15) is 0 Å². The van der Waals surface area contributed by atoms with Gasteiger partial charge in [-0.05, 0) is 42.5 Å². The largest absolute Gasteiger partial charge is 0.399 e. The third-order valence-electron chi connectivity index (χ3n) is 4.04. The van der Waals surface area contributed by atoms with Crippen LogP contribution in [0.3, 0.4) is 0 Å². The molecule has 1 aliphatic carbocycles. The van der Waals surface area contributed by atoms with Crippen molar-refractivity contribution in [1.82, 2.24) is 4.98 Å². The molecule has 0 bridgehead atoms. The van der Waals surface area contributed by atoms with Crippen LogP contribution in [0.2, 0.25) is 0 Å². The molecular formula is C17H22N2S. The summed E-state index contributed by atoms with van der Waals surface area (Å²) in [4.78, 5) is 6.38. The van der Waals surface area contributed by atoms with E-state index >= 15 is 0 Å². The summed E-state index contributed by atoms with van der Waals surface area (Å²) in [5, 5.41) is 1.13. The first-order chi connectivity index (χ1) is 9.27. The van der Waals surface area contributed by atoms with Crippen molar-refractivity contribution in [3.05, 3.63) is 34.8 Å². The van der Waals surface area contributed by atoms with Crippen molar-refractivity contribution in [3.63, 3.8) is 0 Å². The Balaban J connectivity index is 2.06. The minimum Gasteiger partial charge on any atom is -0.399 e. The van der Waals surface area contributed by atoms with Gasteiger partial charge in [-0.15, -0.1) is 11.3 Å². The minimum atomic E-state index is 0.223. The highest BCUT2D eigenvalue weighted by Crippen LogP contribution is 2.48. The van der Waals surface area contributed by atoms with Gasteiger partial charge in [0, 0.05) is 21.5 Å². The summed E-state index contributed by atoms with van der Waals surface area (Å²) in [6, 6.07) is 8.03. The average molecular weight is 286 g/mol. The van der Waals surface area contributed by atoms with Crippen molar-refractivity contribution in [1.29, 1.82) is 0 Å². The Morgan fingerprint density at radius 3 is 2.40 bits per heavy atom. The third kappa shape index (κ3) is 2.35. The van der Waals surface area contributed by atoms with Crippen LogP contribution in [0.1, 0.15) is 44.7 Å². The SMILES string of the molecule is CC1(C)Cc2nc(-c3ccc(N)cc3)sc2C(C)(C)C1. The molecule has 3 heteroatoms. The van der Waals surface area contributed by atoms with Gasteiger partial charge in [-0.1, -0.05) is 27.7 Å². The van der Waals surface area contributed by atoms with Gasteiger partial charge in [0.15, 0.2) is 0 Å². The van der Waals surface area contributed by atoms with Crippen LogP contribution in [0.5, 0.6) is 0 Å². The van der Waals surface area contributed by atoms with E-state index in [4.69, 9.17) is 10.7 Å². The Labute approximate surface area is 125 Å². The van der Waals surface area contributed by atoms with E-state index in [2.05, 4.69) is 39.8 Å². The molecule has 0 atom stereocenters. The van der Waals surface area contributed by atoms with E-state index in [0.29, 0.717) is 5.41 Å². The number of hydrogen-bond acceptors (Lipinski definition) is 3. The second-order valence-electron chi connectivity index (χ2n) is 7.32. The molecule has 0 spiro atoms. The van der Waals surface area contributed by atoms with E-state index in [9.17, 15) is 0 Å². The van der Waals surface area contributed by atoms with Crippen molar-refractivity contribution in [2.45, 2.75) is 46.0 Å². The van der Waals surface area contributed by atoms with Crippen LogP contribution < -0.4 is 5.73 Å². The molecule has 1 aromatic heterocycles. The zero-order chi connectivity index (χ0) is 14.5. The van der Waals surface area contributed by atoms with Gasteiger partial charge >= 0.3 is 0 Å². The fraction of sp³-hybridized carbons (Fsp3) is 0.471. The van der Waals surface area contributed by atoms with Crippen molar-refractivity contribution in [2.75, 3.05) is 5.73 Å². The maximum Gasteiger partial charge on any atom is 0.123 e. The molecule has 0 fully saturated rings. The Morgan fingerprint density at radius 2 is 1.75 bits per heavy atom. The van der Waals surface area contributed by atoms with Gasteiger partial charge in [-0.3, -0.25) is 0 Å². The highest BCUT2D eigenvalue weighted by molar-refractivity contribution is 7.15. The number of fused-ring (bicyclic) bond motifs is 1. The molecule has 2 nitrogen and oxygen atoms in total. The van der Waals surface area contributed by atoms with Crippen LogP contribution >= 0.6 is 11.3 Å². The lowest BCUT2D eigenvalue weighted by molar-refractivity contribution is 0.232. The monoisotopic (exact) mass is 286 g/mol. The van der Waals surface area contributed by atoms with Gasteiger partial charge < -0.3 is 5.73 Å². The second kappa shape index (κ2) is 4.32. The molecule has 0 saturated heterocycles. The molecule has 1 aliphatic rings. The molecule has 3 rings (SSSR count). The number of nitrogen functional groups attached to an aromatic ring is 1. The molecule has 0 aliphatic heterocycles. The lowest BCUT2D eigenvalue weighted by Crippen LogP contribution is -2.33. The number of aromatic nitrogens is 1. The molecule has 2 N–H and O–H groups in total. The van der Waals surface area contributed by atoms with Gasteiger partial charge in [-0.25, -0.2) is 4.98 Å². The molecule has 1 heterocycles. The van der Waals surface area contributed by atoms with Crippen LogP contribution in [0.25, 0.3) is 10.6 Å². The summed E-state index contributed by atoms with van der Waals surface area (Å²) in [7, 11) is 0. The summed E-state index contributed by atoms with van der Waals surface area (Å²) in [5.41, 5.74) is 9.59. The number of benzene rings is 1. The van der Waals surface area contributed by atoms with E-state index in [1.54, 1.807) is 0 Å². The topological polar surface area (TPSA) is 38.9 Å². The molecule has 2 aromatic rings. The summed E-state index contributed by atoms with van der Waals surface area (Å²) >= 11 is 1.85. The molecule has 20 heavy (non-hydrogen) atoms. The van der Waals surface area contributed by atoms with Gasteiger partial charge in [0.2, 0.25) is 0 Å². The first-order valence-corrected chi connectivity index (χ1v) is 7.95. The zero-order valence-corrected chi connectivity index (χ0v) is 13.5. The fourth-order valence-electron chi connectivity index (χ4n) is 3.54. The normalized spacial score (nSPS) is 19.6. The van der Waals surface area contributed by atoms with E-state index < -0.39 is 0 Å². The van der Waals surface area contributed by atoms with Crippen LogP contribution in [0, 0.1) is 5.41 Å². The van der Waals surface area contributed by atoms with Crippen molar-refractivity contribution in [2.24, 2.45) is 5.41 Å². The molecule has 0 saturated carbocycles. The van der Waals surface area contributed by atoms with E-state index in [-0.39, 0.29) is 5.41 Å². The van der Waals surface area contributed by atoms with Gasteiger partial charge in [0.1, 0.15) is 5.01 Å². The standard InChI is InChI=1S/C17H22N2S/c1-16(2)9-13-14(17(3,4)10-16)20-15(19-13)11-5-7-12(18)8-6-11/h5-8H,9-10,18H2,1-4H3. The molecular weight excluding hydrogens is 264 g/mol. The number of anilines is 1. The predicted octanol–water partition coefficient (Wildman–Crippen LogP) is 4.64. The van der Waals surface area contributed by atoms with E-state index in [0.717, 1.165) is 17.1 Å². The Kier molecular flexibility index (Phi) is 2.94. The van der Waals surface area contributed by atoms with Crippen molar-refractivity contribution in [3.8, 4) is 10.6 Å². The lowest BCUT2D eigenvalue weighted by Gasteiger charge is -2.39. The van der Waals surface area contributed by atoms with Gasteiger partial charge in [0.05, 0.1) is 5.69 Å². The Bertz CT molecular complexity index is 636. The summed E-state index contributed by atoms with van der Waals surface area (Å²) in [6.07, 6.45) is 2.30. The van der Waals surface area contributed by atoms with Crippen LogP contribution in [0.15, 0.2) is 24.3 Å². The third-order valence-corrected chi connectivity index (χ3v) is 5.55. The maximum absolute atomic E-state index is 5.76. The van der Waals surface area contributed by atoms with Gasteiger partial charge in [0.25, 0.3) is 0 Å². The average Bonchev–Trinajstić information content (AvgIpc) is 2.71. The second-order valence-corrected chi connectivity index (χ2v) is 8.32. The highest BCUT2D eigenvalue weighted by Gasteiger charge is 2.39. The summed E-state index contributed by atoms with van der Waals surface area (Å²) in [5.74, 6) is 0. The fourth-order valence-corrected chi connectivity index (χ4v) is 4.73. The molecule has 0 radical (unpaired) electrons. The summed E-state index contributed by atoms with van der Waals surface area (Å²) in [6.45, 7) is 9.38. The Hall–Kier alpha value is -1.35. The predicted molar refractivity (Wildman–Crippen MR) is 87.1 cm³/mol. The number of nitrogens with zero attached hydrogens (tertiary/aromatic N) is 1. The first kappa shape index (κ1) is 13.6. The molecule has 0 unspecified atom stereocenters. The molecule has 106 valence electrons. The zero-order valence-electron chi connectivity index (χ0n) is 12.7. The lowest BCUT2D eigenvalue weighted by atomic mass is 9.67. The maximum atomic E-state index is 5.76. The number of nitrogens with two attached hydrogens (primary N) is 1. The van der Waals surface area contributed by atoms with Crippen LogP contribution in [-0.4, -0.2) is 4.98 Å². The highest BCUT2D eigenvalue weighted by atomic mass is 32.1. The summed E-state index contributed by atoms with van der Waals surface area (Å²) < 4.78 is 0. The number of hydrogen-bond donors (Lipinski definition) is 1. The van der Waals surface area contributed by atoms with Crippen molar-refractivity contribution >= 4 is 17.0 Å². The molecule has 0 amide bonds. The van der Waals surface area contributed by atoms with E-state index in [1.807, 2.05) is 23.5 Å². The quantitative estimate of drug-likeness (QED) is 0.775. The number of thiazole rings is 1. The van der Waals surface area contributed by atoms with Crippen LogP contribution in [0.4, 0.5) is 5.69 Å².